The standard InChI is InChI=1S/C8H12N.CH4O3S/c1-3-9-6-4-5-8(2)7-9;1-5(2,3)4/h4-7H,3H2,1-2H3;1H3,(H,2,3,4)/q+1;/p-1. The Hall–Kier alpha value is -0.940. The first-order chi connectivity index (χ1) is 6.33. The maximum Gasteiger partial charge on any atom is 0.171 e. The van der Waals surface area contributed by atoms with Crippen LogP contribution in [0, 0.1) is 6.92 Å². The van der Waals surface area contributed by atoms with Crippen molar-refractivity contribution in [2.24, 2.45) is 0 Å². The lowest BCUT2D eigenvalue weighted by molar-refractivity contribution is -0.693. The molecule has 0 saturated carbocycles. The second-order valence-electron chi connectivity index (χ2n) is 2.92. The lowest BCUT2D eigenvalue weighted by atomic mass is 10.3. The Bertz CT molecular complexity index is 365. The van der Waals surface area contributed by atoms with Crippen LogP contribution in [0.15, 0.2) is 24.5 Å². The zero-order valence-electron chi connectivity index (χ0n) is 8.60. The van der Waals surface area contributed by atoms with Gasteiger partial charge in [0.25, 0.3) is 0 Å². The third-order valence-electron chi connectivity index (χ3n) is 1.37. The van der Waals surface area contributed by atoms with Crippen LogP contribution >= 0.6 is 0 Å². The minimum atomic E-state index is -3.92. The van der Waals surface area contributed by atoms with Crippen LogP contribution < -0.4 is 4.57 Å². The van der Waals surface area contributed by atoms with Crippen molar-refractivity contribution in [3.63, 3.8) is 0 Å². The number of aryl methyl sites for hydroxylation is 2. The van der Waals surface area contributed by atoms with E-state index in [1.54, 1.807) is 0 Å². The van der Waals surface area contributed by atoms with Crippen molar-refractivity contribution in [3.05, 3.63) is 30.1 Å². The molecule has 0 unspecified atom stereocenters. The molecule has 0 saturated heterocycles. The quantitative estimate of drug-likeness (QED) is 0.507. The van der Waals surface area contributed by atoms with Gasteiger partial charge in [0.15, 0.2) is 12.4 Å². The Labute approximate surface area is 85.0 Å². The topological polar surface area (TPSA) is 61.1 Å². The van der Waals surface area contributed by atoms with E-state index in [-0.39, 0.29) is 0 Å². The fraction of sp³-hybridized carbons (Fsp3) is 0.444. The number of hydrogen-bond acceptors (Lipinski definition) is 3. The zero-order chi connectivity index (χ0) is 11.2. The van der Waals surface area contributed by atoms with Gasteiger partial charge >= 0.3 is 0 Å². The largest absolute Gasteiger partial charge is 0.748 e. The van der Waals surface area contributed by atoms with E-state index in [1.807, 2.05) is 0 Å². The van der Waals surface area contributed by atoms with E-state index in [9.17, 15) is 0 Å². The second kappa shape index (κ2) is 5.72. The molecule has 0 N–H and O–H groups in total. The molecular formula is C9H15NO3S. The Morgan fingerprint density at radius 1 is 1.50 bits per heavy atom. The molecule has 0 aromatic carbocycles. The van der Waals surface area contributed by atoms with Crippen LogP contribution in [0.4, 0.5) is 0 Å². The second-order valence-corrected chi connectivity index (χ2v) is 4.32. The van der Waals surface area contributed by atoms with E-state index >= 15 is 0 Å². The molecule has 1 rings (SSSR count). The molecule has 14 heavy (non-hydrogen) atoms. The Kier molecular flexibility index (Phi) is 5.34. The van der Waals surface area contributed by atoms with Gasteiger partial charge in [-0.1, -0.05) is 0 Å². The lowest BCUT2D eigenvalue weighted by Crippen LogP contribution is -2.30. The van der Waals surface area contributed by atoms with E-state index in [1.165, 1.54) is 5.56 Å². The van der Waals surface area contributed by atoms with Crippen molar-refractivity contribution >= 4 is 10.1 Å². The van der Waals surface area contributed by atoms with E-state index in [0.717, 1.165) is 6.54 Å². The Morgan fingerprint density at radius 3 is 2.29 bits per heavy atom. The molecule has 0 amide bonds. The van der Waals surface area contributed by atoms with Gasteiger partial charge in [-0.05, 0) is 19.9 Å². The van der Waals surface area contributed by atoms with Gasteiger partial charge in [0.05, 0.1) is 10.1 Å². The Balaban J connectivity index is 0.000000292. The highest BCUT2D eigenvalue weighted by atomic mass is 32.2. The third-order valence-corrected chi connectivity index (χ3v) is 1.37. The fourth-order valence-electron chi connectivity index (χ4n) is 0.850. The molecule has 0 aliphatic carbocycles. The molecule has 0 aliphatic heterocycles. The molecular weight excluding hydrogens is 202 g/mol. The van der Waals surface area contributed by atoms with E-state index < -0.39 is 10.1 Å². The fourth-order valence-corrected chi connectivity index (χ4v) is 0.850. The minimum absolute atomic E-state index is 0.604. The minimum Gasteiger partial charge on any atom is -0.748 e. The van der Waals surface area contributed by atoms with Gasteiger partial charge in [0.1, 0.15) is 6.54 Å². The van der Waals surface area contributed by atoms with Gasteiger partial charge in [-0.15, -0.1) is 0 Å². The first-order valence-electron chi connectivity index (χ1n) is 4.19. The molecule has 0 fully saturated rings. The molecule has 1 aromatic heterocycles. The summed E-state index contributed by atoms with van der Waals surface area (Å²) in [7, 11) is -3.92. The average molecular weight is 217 g/mol. The maximum absolute atomic E-state index is 9.08. The predicted octanol–water partition coefficient (Wildman–Crippen LogP) is 0.464. The van der Waals surface area contributed by atoms with Gasteiger partial charge < -0.3 is 4.55 Å². The number of rotatable bonds is 1. The molecule has 1 aromatic rings. The van der Waals surface area contributed by atoms with Crippen molar-refractivity contribution < 1.29 is 17.5 Å². The molecule has 0 bridgehead atoms. The molecule has 0 spiro atoms. The number of pyridine rings is 1. The van der Waals surface area contributed by atoms with Crippen LogP contribution in [0.25, 0.3) is 0 Å². The van der Waals surface area contributed by atoms with Crippen LogP contribution in [0.1, 0.15) is 12.5 Å². The summed E-state index contributed by atoms with van der Waals surface area (Å²) in [5.41, 5.74) is 1.32. The number of aromatic nitrogens is 1. The van der Waals surface area contributed by atoms with Gasteiger partial charge in [-0.25, -0.2) is 13.0 Å². The molecule has 0 aliphatic rings. The summed E-state index contributed by atoms with van der Waals surface area (Å²) in [4.78, 5) is 0. The molecule has 1 heterocycles. The van der Waals surface area contributed by atoms with Crippen molar-refractivity contribution in [2.45, 2.75) is 20.4 Å². The van der Waals surface area contributed by atoms with E-state index in [2.05, 4.69) is 42.9 Å². The Morgan fingerprint density at radius 2 is 2.00 bits per heavy atom. The molecule has 80 valence electrons. The summed E-state index contributed by atoms with van der Waals surface area (Å²) in [5, 5.41) is 0. The van der Waals surface area contributed by atoms with Crippen LogP contribution in [-0.4, -0.2) is 19.2 Å². The van der Waals surface area contributed by atoms with Crippen LogP contribution in [-0.2, 0) is 16.7 Å². The summed E-state index contributed by atoms with van der Waals surface area (Å²) >= 11 is 0. The summed E-state index contributed by atoms with van der Waals surface area (Å²) in [6.45, 7) is 5.30. The van der Waals surface area contributed by atoms with Crippen LogP contribution in [0.2, 0.25) is 0 Å². The third kappa shape index (κ3) is 9.15. The van der Waals surface area contributed by atoms with Gasteiger partial charge in [0, 0.05) is 17.9 Å². The van der Waals surface area contributed by atoms with Crippen molar-refractivity contribution in [2.75, 3.05) is 6.26 Å². The molecule has 0 atom stereocenters. The first-order valence-corrected chi connectivity index (χ1v) is 6.01. The van der Waals surface area contributed by atoms with Crippen LogP contribution in [0.5, 0.6) is 0 Å². The SMILES string of the molecule is CC[n+]1cccc(C)c1.CS(=O)(=O)[O-]. The highest BCUT2D eigenvalue weighted by Crippen LogP contribution is 1.88. The monoisotopic (exact) mass is 217 g/mol. The summed E-state index contributed by atoms with van der Waals surface area (Å²) < 4.78 is 29.4. The average Bonchev–Trinajstić information content (AvgIpc) is 2.01. The smallest absolute Gasteiger partial charge is 0.171 e. The normalized spacial score (nSPS) is 10.3. The van der Waals surface area contributed by atoms with Gasteiger partial charge in [-0.3, -0.25) is 0 Å². The van der Waals surface area contributed by atoms with Gasteiger partial charge in [-0.2, -0.15) is 0 Å². The number of nitrogens with zero attached hydrogens (tertiary/aromatic N) is 1. The van der Waals surface area contributed by atoms with E-state index in [0.29, 0.717) is 6.26 Å². The maximum atomic E-state index is 9.08. The number of hydrogen-bond donors (Lipinski definition) is 0. The summed E-state index contributed by atoms with van der Waals surface area (Å²) in [5.74, 6) is 0. The zero-order valence-corrected chi connectivity index (χ0v) is 9.41. The first kappa shape index (κ1) is 13.1. The highest BCUT2D eigenvalue weighted by Gasteiger charge is 1.92. The van der Waals surface area contributed by atoms with Crippen molar-refractivity contribution in [1.82, 2.24) is 0 Å². The van der Waals surface area contributed by atoms with Crippen LogP contribution in [0.3, 0.4) is 0 Å². The van der Waals surface area contributed by atoms with E-state index in [4.69, 9.17) is 13.0 Å². The highest BCUT2D eigenvalue weighted by molar-refractivity contribution is 7.84. The molecule has 0 radical (unpaired) electrons. The van der Waals surface area contributed by atoms with Crippen molar-refractivity contribution in [1.29, 1.82) is 0 Å². The molecule has 4 nitrogen and oxygen atoms in total. The predicted molar refractivity (Wildman–Crippen MR) is 52.7 cm³/mol. The summed E-state index contributed by atoms with van der Waals surface area (Å²) in [6.07, 6.45) is 4.82. The lowest BCUT2D eigenvalue weighted by Gasteiger charge is -1.90. The summed E-state index contributed by atoms with van der Waals surface area (Å²) in [6, 6.07) is 4.17. The van der Waals surface area contributed by atoms with Crippen molar-refractivity contribution in [3.8, 4) is 0 Å². The van der Waals surface area contributed by atoms with Gasteiger partial charge in [0.2, 0.25) is 0 Å². The molecule has 5 heteroatoms.